The van der Waals surface area contributed by atoms with Gasteiger partial charge in [0.15, 0.2) is 0 Å². The minimum atomic E-state index is -4.61. The van der Waals surface area contributed by atoms with Crippen molar-refractivity contribution in [3.63, 3.8) is 0 Å². The normalized spacial score (nSPS) is 15.4. The Kier molecular flexibility index (Phi) is 5.15. The van der Waals surface area contributed by atoms with Gasteiger partial charge in [-0.25, -0.2) is 23.1 Å². The number of nitrogens with zero attached hydrogens (tertiary/aromatic N) is 3. The highest BCUT2D eigenvalue weighted by Crippen LogP contribution is 2.30. The zero-order valence-electron chi connectivity index (χ0n) is 13.7. The monoisotopic (exact) mass is 386 g/mol. The zero-order valence-corrected chi connectivity index (χ0v) is 14.5. The van der Waals surface area contributed by atoms with Crippen LogP contribution in [0.2, 0.25) is 0 Å². The molecule has 0 amide bonds. The number of benzene rings is 1. The fourth-order valence-electron chi connectivity index (χ4n) is 2.64. The minimum absolute atomic E-state index is 0.137. The van der Waals surface area contributed by atoms with Crippen molar-refractivity contribution in [1.82, 2.24) is 14.7 Å². The lowest BCUT2D eigenvalue weighted by Gasteiger charge is -2.15. The predicted molar refractivity (Wildman–Crippen MR) is 88.9 cm³/mol. The van der Waals surface area contributed by atoms with Gasteiger partial charge in [0.25, 0.3) is 0 Å². The average Bonchev–Trinajstić information content (AvgIpc) is 3.14. The van der Waals surface area contributed by atoms with Crippen LogP contribution in [0.5, 0.6) is 0 Å². The third-order valence-electron chi connectivity index (χ3n) is 4.00. The molecular weight excluding hydrogens is 369 g/mol. The number of halogens is 3. The summed E-state index contributed by atoms with van der Waals surface area (Å²) in [4.78, 5) is 10.1. The number of nitrogens with one attached hydrogen (secondary N) is 1. The number of anilines is 1. The quantitative estimate of drug-likeness (QED) is 0.855. The van der Waals surface area contributed by atoms with E-state index >= 15 is 0 Å². The lowest BCUT2D eigenvalue weighted by molar-refractivity contribution is -0.137. The van der Waals surface area contributed by atoms with Gasteiger partial charge in [0.2, 0.25) is 16.0 Å². The van der Waals surface area contributed by atoms with Gasteiger partial charge >= 0.3 is 6.18 Å². The van der Waals surface area contributed by atoms with Crippen LogP contribution in [0, 0.1) is 0 Å². The molecule has 1 N–H and O–H groups in total. The Bertz CT molecular complexity index is 881. The van der Waals surface area contributed by atoms with E-state index in [4.69, 9.17) is 0 Å². The number of alkyl halides is 3. The molecule has 2 heterocycles. The van der Waals surface area contributed by atoms with E-state index in [-0.39, 0.29) is 6.54 Å². The van der Waals surface area contributed by atoms with Gasteiger partial charge in [-0.05, 0) is 37.1 Å². The fourth-order valence-corrected chi connectivity index (χ4v) is 3.69. The molecule has 10 heteroatoms. The van der Waals surface area contributed by atoms with Crippen molar-refractivity contribution in [2.75, 3.05) is 18.0 Å². The van der Waals surface area contributed by atoms with Crippen LogP contribution in [0.1, 0.15) is 24.1 Å². The molecule has 0 spiro atoms. The lowest BCUT2D eigenvalue weighted by Crippen LogP contribution is -2.25. The smallest absolute Gasteiger partial charge is 0.341 e. The standard InChI is InChI=1S/C16H17F3N4O2S/c17-16(18,19)12-4-3-5-14(10-12)26(24,25)21-11-13-6-7-20-15(22-13)23-8-1-2-9-23/h3-7,10,21H,1-2,8-9,11H2. The maximum absolute atomic E-state index is 12.8. The molecule has 0 bridgehead atoms. The fraction of sp³-hybridized carbons (Fsp3) is 0.375. The summed E-state index contributed by atoms with van der Waals surface area (Å²) < 4.78 is 65.2. The predicted octanol–water partition coefficient (Wildman–Crippen LogP) is 2.57. The van der Waals surface area contributed by atoms with E-state index < -0.39 is 26.7 Å². The van der Waals surface area contributed by atoms with Gasteiger partial charge in [0.05, 0.1) is 22.7 Å². The van der Waals surface area contributed by atoms with Crippen LogP contribution in [0.25, 0.3) is 0 Å². The summed E-state index contributed by atoms with van der Waals surface area (Å²) in [5.74, 6) is 0.526. The van der Waals surface area contributed by atoms with Crippen LogP contribution < -0.4 is 9.62 Å². The second kappa shape index (κ2) is 7.20. The third kappa shape index (κ3) is 4.31. The van der Waals surface area contributed by atoms with Crippen LogP contribution >= 0.6 is 0 Å². The van der Waals surface area contributed by atoms with Gasteiger partial charge in [0.1, 0.15) is 0 Å². The summed E-state index contributed by atoms with van der Waals surface area (Å²) in [5.41, 5.74) is -0.573. The van der Waals surface area contributed by atoms with Crippen molar-refractivity contribution < 1.29 is 21.6 Å². The first-order chi connectivity index (χ1) is 12.3. The Hall–Kier alpha value is -2.20. The second-order valence-electron chi connectivity index (χ2n) is 5.89. The van der Waals surface area contributed by atoms with E-state index in [9.17, 15) is 21.6 Å². The summed E-state index contributed by atoms with van der Waals surface area (Å²) in [5, 5.41) is 0. The minimum Gasteiger partial charge on any atom is -0.341 e. The Morgan fingerprint density at radius 1 is 1.15 bits per heavy atom. The highest BCUT2D eigenvalue weighted by Gasteiger charge is 2.31. The molecule has 1 saturated heterocycles. The van der Waals surface area contributed by atoms with Gasteiger partial charge in [0, 0.05) is 19.3 Å². The number of sulfonamides is 1. The van der Waals surface area contributed by atoms with Crippen molar-refractivity contribution in [1.29, 1.82) is 0 Å². The van der Waals surface area contributed by atoms with Crippen LogP contribution in [0.3, 0.4) is 0 Å². The molecule has 1 aromatic heterocycles. The van der Waals surface area contributed by atoms with Gasteiger partial charge < -0.3 is 4.90 Å². The van der Waals surface area contributed by atoms with E-state index in [0.29, 0.717) is 17.7 Å². The van der Waals surface area contributed by atoms with E-state index in [1.54, 1.807) is 6.07 Å². The SMILES string of the molecule is O=S(=O)(NCc1ccnc(N2CCCC2)n1)c1cccc(C(F)(F)F)c1. The van der Waals surface area contributed by atoms with E-state index in [1.165, 1.54) is 6.20 Å². The van der Waals surface area contributed by atoms with Gasteiger partial charge in [-0.1, -0.05) is 6.07 Å². The van der Waals surface area contributed by atoms with Gasteiger partial charge in [-0.3, -0.25) is 0 Å². The second-order valence-corrected chi connectivity index (χ2v) is 7.66. The molecule has 1 fully saturated rings. The van der Waals surface area contributed by atoms with Crippen molar-refractivity contribution in [3.05, 3.63) is 47.8 Å². The first-order valence-corrected chi connectivity index (χ1v) is 9.48. The molecular formula is C16H17F3N4O2S. The maximum atomic E-state index is 12.8. The third-order valence-corrected chi connectivity index (χ3v) is 5.40. The van der Waals surface area contributed by atoms with Gasteiger partial charge in [-0.2, -0.15) is 13.2 Å². The van der Waals surface area contributed by atoms with Crippen LogP contribution in [-0.4, -0.2) is 31.5 Å². The topological polar surface area (TPSA) is 75.2 Å². The molecule has 0 aliphatic carbocycles. The van der Waals surface area contributed by atoms with Crippen molar-refractivity contribution in [2.24, 2.45) is 0 Å². The molecule has 3 rings (SSSR count). The van der Waals surface area contributed by atoms with E-state index in [1.807, 2.05) is 4.90 Å². The Morgan fingerprint density at radius 2 is 1.88 bits per heavy atom. The summed E-state index contributed by atoms with van der Waals surface area (Å²) in [6.07, 6.45) is -0.969. The Morgan fingerprint density at radius 3 is 2.58 bits per heavy atom. The van der Waals surface area contributed by atoms with Crippen LogP contribution in [-0.2, 0) is 22.7 Å². The average molecular weight is 386 g/mol. The molecule has 140 valence electrons. The Balaban J connectivity index is 1.74. The van der Waals surface area contributed by atoms with Crippen molar-refractivity contribution in [3.8, 4) is 0 Å². The number of aromatic nitrogens is 2. The van der Waals surface area contributed by atoms with E-state index in [0.717, 1.165) is 44.1 Å². The number of rotatable bonds is 5. The largest absolute Gasteiger partial charge is 0.416 e. The van der Waals surface area contributed by atoms with Crippen LogP contribution in [0.4, 0.5) is 19.1 Å². The molecule has 1 aliphatic rings. The zero-order chi connectivity index (χ0) is 18.8. The molecule has 0 radical (unpaired) electrons. The van der Waals surface area contributed by atoms with E-state index in [2.05, 4.69) is 14.7 Å². The molecule has 26 heavy (non-hydrogen) atoms. The summed E-state index contributed by atoms with van der Waals surface area (Å²) in [7, 11) is -4.10. The maximum Gasteiger partial charge on any atom is 0.416 e. The van der Waals surface area contributed by atoms with Crippen molar-refractivity contribution >= 4 is 16.0 Å². The van der Waals surface area contributed by atoms with Crippen LogP contribution in [0.15, 0.2) is 41.4 Å². The first-order valence-electron chi connectivity index (χ1n) is 7.99. The molecule has 0 atom stereocenters. The number of hydrogen-bond donors (Lipinski definition) is 1. The van der Waals surface area contributed by atoms with Crippen molar-refractivity contribution in [2.45, 2.75) is 30.5 Å². The molecule has 6 nitrogen and oxygen atoms in total. The Labute approximate surface area is 149 Å². The molecule has 0 unspecified atom stereocenters. The summed E-state index contributed by atoms with van der Waals surface area (Å²) >= 11 is 0. The lowest BCUT2D eigenvalue weighted by atomic mass is 10.2. The number of hydrogen-bond acceptors (Lipinski definition) is 5. The molecule has 1 aromatic carbocycles. The van der Waals surface area contributed by atoms with Gasteiger partial charge in [-0.15, -0.1) is 0 Å². The highest BCUT2D eigenvalue weighted by atomic mass is 32.2. The summed E-state index contributed by atoms with van der Waals surface area (Å²) in [6.45, 7) is 1.56. The molecule has 2 aromatic rings. The first kappa shape index (κ1) is 18.6. The summed E-state index contributed by atoms with van der Waals surface area (Å²) in [6, 6.07) is 5.18. The highest BCUT2D eigenvalue weighted by molar-refractivity contribution is 7.89. The molecule has 0 saturated carbocycles. The molecule has 1 aliphatic heterocycles.